The molecule has 0 radical (unpaired) electrons. The van der Waals surface area contributed by atoms with E-state index in [0.29, 0.717) is 0 Å². The van der Waals surface area contributed by atoms with Crippen LogP contribution in [-0.2, 0) is 16.5 Å². The summed E-state index contributed by atoms with van der Waals surface area (Å²) >= 11 is 0. The molecule has 0 aromatic heterocycles. The van der Waals surface area contributed by atoms with Crippen molar-refractivity contribution in [2.24, 2.45) is 0 Å². The Labute approximate surface area is 113 Å². The molecule has 0 amide bonds. The maximum atomic E-state index is 8.49. The molecule has 14 N–H and O–H groups in total. The van der Waals surface area contributed by atoms with Gasteiger partial charge in [-0.3, -0.25) is 0 Å². The first kappa shape index (κ1) is 78.6. The maximum absolute atomic E-state index is 8.49. The van der Waals surface area contributed by atoms with Gasteiger partial charge in [0.2, 0.25) is 0 Å². The first-order valence-electron chi connectivity index (χ1n) is 1.23. The third kappa shape index (κ3) is 17600. The van der Waals surface area contributed by atoms with Crippen LogP contribution in [0.5, 0.6) is 0 Å². The summed E-state index contributed by atoms with van der Waals surface area (Å²) in [4.78, 5) is 0. The molecule has 18 heavy (non-hydrogen) atoms. The van der Waals surface area contributed by atoms with Gasteiger partial charge in [0, 0.05) is 0 Å². The average molecular weight is 384 g/mol. The molecule has 128 valence electrons. The Morgan fingerprint density at radius 3 is 0.333 bits per heavy atom. The van der Waals surface area contributed by atoms with Gasteiger partial charge in [0.1, 0.15) is 0 Å². The van der Waals surface area contributed by atoms with E-state index in [-0.39, 0.29) is 54.8 Å². The summed E-state index contributed by atoms with van der Waals surface area (Å²) in [5, 5.41) is 0. The summed E-state index contributed by atoms with van der Waals surface area (Å²) in [6.07, 6.45) is 0. The van der Waals surface area contributed by atoms with Crippen LogP contribution in [0.1, 0.15) is 0 Å². The third-order valence-corrected chi connectivity index (χ3v) is 0. The van der Waals surface area contributed by atoms with Crippen molar-refractivity contribution in [2.45, 2.75) is 0 Å². The Morgan fingerprint density at radius 1 is 0.333 bits per heavy atom. The van der Waals surface area contributed by atoms with Crippen LogP contribution in [0.2, 0.25) is 0 Å². The van der Waals surface area contributed by atoms with E-state index in [0.717, 1.165) is 0 Å². The van der Waals surface area contributed by atoms with Crippen molar-refractivity contribution >= 4 is 0 Å². The van der Waals surface area contributed by atoms with Crippen LogP contribution >= 0.6 is 0 Å². The second kappa shape index (κ2) is 30.5. The number of hydrogen-bond donors (Lipinski definition) is 0. The van der Waals surface area contributed by atoms with Crippen LogP contribution in [0.15, 0.2) is 0 Å². The number of rotatable bonds is 0. The van der Waals surface area contributed by atoms with Crippen LogP contribution in [-0.4, -0.2) is 38.3 Å². The molecule has 0 aromatic carbocycles. The average Bonchev–Trinajstić information content (AvgIpc) is 1.12. The van der Waals surface area contributed by atoms with Gasteiger partial charge in [0.15, 0.2) is 0 Å². The summed E-state index contributed by atoms with van der Waals surface area (Å²) in [5.74, 6) is 0. The van der Waals surface area contributed by atoms with Crippen molar-refractivity contribution in [1.29, 1.82) is 0 Å². The van der Waals surface area contributed by atoms with E-state index in [9.17, 15) is 0 Å². The van der Waals surface area contributed by atoms with Gasteiger partial charge in [-0.15, -0.1) is 20.5 Å². The number of hydrogen-bond acceptors (Lipinski definition) is 8. The molecule has 0 aliphatic carbocycles. The fraction of sp³-hybridized carbons (Fsp3) is 0. The van der Waals surface area contributed by atoms with Gasteiger partial charge in [-0.2, -0.15) is 0 Å². The van der Waals surface area contributed by atoms with E-state index in [2.05, 4.69) is 0 Å². The Hall–Kier alpha value is 0.474. The zero-order valence-electron chi connectivity index (χ0n) is 7.84. The smallest absolute Gasteiger partial charge is 0.412 e. The quantitative estimate of drug-likeness (QED) is 0.360. The fourth-order valence-electron chi connectivity index (χ4n) is 0. The zero-order chi connectivity index (χ0) is 9.00. The largest absolute Gasteiger partial charge is 2.00 e. The van der Waals surface area contributed by atoms with E-state index in [1.807, 2.05) is 0 Å². The molecular formula is H14Cl2NiO15. The topological polar surface area (TPSA) is 405 Å². The molecule has 0 bridgehead atoms. The van der Waals surface area contributed by atoms with Crippen molar-refractivity contribution in [3.05, 3.63) is 0 Å². The van der Waals surface area contributed by atoms with Crippen molar-refractivity contribution in [3.63, 3.8) is 0 Å². The van der Waals surface area contributed by atoms with Crippen LogP contribution in [0.25, 0.3) is 0 Å². The molecule has 0 heterocycles. The van der Waals surface area contributed by atoms with Crippen LogP contribution in [0.4, 0.5) is 0 Å². The van der Waals surface area contributed by atoms with Crippen LogP contribution in [0.3, 0.4) is 0 Å². The Kier molecular flexibility index (Phi) is 133. The van der Waals surface area contributed by atoms with E-state index in [1.54, 1.807) is 0 Å². The molecule has 0 spiro atoms. The maximum Gasteiger partial charge on any atom is 2.00 e. The molecule has 0 aromatic rings. The molecule has 15 nitrogen and oxygen atoms in total. The van der Waals surface area contributed by atoms with Gasteiger partial charge in [-0.1, -0.05) is 0 Å². The Bertz CT molecular complexity index is 57.5. The van der Waals surface area contributed by atoms with E-state index >= 15 is 0 Å². The summed E-state index contributed by atoms with van der Waals surface area (Å²) in [5.41, 5.74) is 0. The van der Waals surface area contributed by atoms with E-state index in [4.69, 9.17) is 37.3 Å². The first-order valence-corrected chi connectivity index (χ1v) is 3.70. The van der Waals surface area contributed by atoms with Crippen molar-refractivity contribution < 1.29 is 113 Å². The molecule has 0 fully saturated rings. The van der Waals surface area contributed by atoms with Crippen molar-refractivity contribution in [3.8, 4) is 0 Å². The number of halogens is 2. The summed E-state index contributed by atoms with van der Waals surface area (Å²) in [6, 6.07) is 0. The standard InChI is InChI=1S/2ClHO4.Ni.7H2O/c2*2-1(3,4)5;;;;;;;;/h2*(H,2,3,4,5);;7*1H2/q;;+2;;;;;;;/p-2. The fourth-order valence-corrected chi connectivity index (χ4v) is 0. The molecule has 0 saturated heterocycles. The zero-order valence-corrected chi connectivity index (χ0v) is 10.3. The SMILES string of the molecule is O.O.O.O.O.O.O.[Ni+2].[O-][Cl+3]([O-])([O-])[O-].[O-][Cl+3]([O-])([O-])[O-]. The van der Waals surface area contributed by atoms with Crippen LogP contribution in [0, 0.1) is 20.5 Å². The predicted molar refractivity (Wildman–Crippen MR) is 25.3 cm³/mol. The molecular weight excluding hydrogens is 370 g/mol. The minimum Gasteiger partial charge on any atom is -0.412 e. The minimum absolute atomic E-state index is 0. The third-order valence-electron chi connectivity index (χ3n) is 0. The van der Waals surface area contributed by atoms with E-state index in [1.165, 1.54) is 0 Å². The van der Waals surface area contributed by atoms with Crippen LogP contribution < -0.4 is 37.3 Å². The minimum atomic E-state index is -4.94. The summed E-state index contributed by atoms with van der Waals surface area (Å²) < 4.78 is 67.9. The van der Waals surface area contributed by atoms with Gasteiger partial charge in [-0.05, 0) is 0 Å². The van der Waals surface area contributed by atoms with Crippen molar-refractivity contribution in [1.82, 2.24) is 0 Å². The van der Waals surface area contributed by atoms with Crippen molar-refractivity contribution in [2.75, 3.05) is 0 Å². The molecule has 0 aliphatic rings. The normalized spacial score (nSPS) is 6.67. The molecule has 0 rings (SSSR count). The monoisotopic (exact) mass is 382 g/mol. The van der Waals surface area contributed by atoms with Gasteiger partial charge in [-0.25, -0.2) is 37.3 Å². The van der Waals surface area contributed by atoms with Gasteiger partial charge >= 0.3 is 16.5 Å². The molecule has 0 saturated carbocycles. The Balaban J connectivity index is -0.00000000615. The second-order valence-corrected chi connectivity index (χ2v) is 2.27. The Morgan fingerprint density at radius 2 is 0.333 bits per heavy atom. The summed E-state index contributed by atoms with van der Waals surface area (Å²) in [7, 11) is -9.89. The molecule has 18 heteroatoms. The molecule has 0 aliphatic heterocycles. The van der Waals surface area contributed by atoms with Gasteiger partial charge in [0.25, 0.3) is 0 Å². The van der Waals surface area contributed by atoms with E-state index < -0.39 is 20.5 Å². The first-order chi connectivity index (χ1) is 4.00. The van der Waals surface area contributed by atoms with Gasteiger partial charge < -0.3 is 38.3 Å². The second-order valence-electron chi connectivity index (χ2n) is 0.756. The summed E-state index contributed by atoms with van der Waals surface area (Å²) in [6.45, 7) is 0. The van der Waals surface area contributed by atoms with Gasteiger partial charge in [0.05, 0.1) is 0 Å². The molecule has 0 atom stereocenters. The molecule has 0 unspecified atom stereocenters. The predicted octanol–water partition coefficient (Wildman–Crippen LogP) is -15.3.